The number of nitrogens with zero attached hydrogens (tertiary/aromatic N) is 3. The minimum atomic E-state index is -4.48. The second kappa shape index (κ2) is 4.21. The van der Waals surface area contributed by atoms with E-state index in [-0.39, 0.29) is 24.3 Å². The van der Waals surface area contributed by atoms with Gasteiger partial charge >= 0.3 is 12.2 Å². The molecule has 1 aromatic rings. The quantitative estimate of drug-likeness (QED) is 0.859. The molecule has 2 heterocycles. The minimum Gasteiger partial charge on any atom is -0.335 e. The van der Waals surface area contributed by atoms with Gasteiger partial charge in [-0.3, -0.25) is 0 Å². The Morgan fingerprint density at radius 1 is 1.26 bits per heavy atom. The third-order valence-electron chi connectivity index (χ3n) is 6.21. The summed E-state index contributed by atoms with van der Waals surface area (Å²) in [5, 5.41) is 3.09. The molecule has 8 heteroatoms. The standard InChI is InChI=1S/C15H17F3N4O/c16-15(17,18)13-10-5-21(1-2-22(10)6-19-13)14(23)20-12-7-3-8-9(4-7)11(8)12/h6-9,11-12H,1-5H2,(H,20,23). The van der Waals surface area contributed by atoms with Gasteiger partial charge in [-0.25, -0.2) is 9.78 Å². The first kappa shape index (κ1) is 13.7. The summed E-state index contributed by atoms with van der Waals surface area (Å²) in [7, 11) is 0. The smallest absolute Gasteiger partial charge is 0.335 e. The lowest BCUT2D eigenvalue weighted by molar-refractivity contribution is -0.142. The van der Waals surface area contributed by atoms with Crippen LogP contribution in [0, 0.1) is 23.7 Å². The number of hydrogen-bond donors (Lipinski definition) is 1. The number of urea groups is 1. The number of imidazole rings is 1. The molecule has 1 aromatic heterocycles. The van der Waals surface area contributed by atoms with Crippen molar-refractivity contribution in [1.29, 1.82) is 0 Å². The van der Waals surface area contributed by atoms with Gasteiger partial charge in [0, 0.05) is 19.1 Å². The molecule has 0 spiro atoms. The Hall–Kier alpha value is -1.73. The molecule has 0 saturated heterocycles. The van der Waals surface area contributed by atoms with Gasteiger partial charge in [-0.1, -0.05) is 0 Å². The highest BCUT2D eigenvalue weighted by Crippen LogP contribution is 2.70. The normalized spacial score (nSPS) is 37.0. The van der Waals surface area contributed by atoms with E-state index in [0.29, 0.717) is 24.9 Å². The second-order valence-corrected chi connectivity index (χ2v) is 7.26. The van der Waals surface area contributed by atoms with Crippen molar-refractivity contribution in [1.82, 2.24) is 19.8 Å². The fourth-order valence-electron chi connectivity index (χ4n) is 5.19. The fraction of sp³-hybridized carbons (Fsp3) is 0.733. The minimum absolute atomic E-state index is 0.0322. The van der Waals surface area contributed by atoms with Crippen molar-refractivity contribution in [2.24, 2.45) is 23.7 Å². The van der Waals surface area contributed by atoms with Crippen LogP contribution in [0.15, 0.2) is 6.33 Å². The molecule has 0 radical (unpaired) electrons. The molecule has 4 fully saturated rings. The number of alkyl halides is 3. The molecule has 4 bridgehead atoms. The van der Waals surface area contributed by atoms with E-state index in [0.717, 1.165) is 11.8 Å². The van der Waals surface area contributed by atoms with Gasteiger partial charge in [0.2, 0.25) is 0 Å². The van der Waals surface area contributed by atoms with E-state index < -0.39 is 11.9 Å². The number of aromatic nitrogens is 2. The lowest BCUT2D eigenvalue weighted by atomic mass is 10.1. The van der Waals surface area contributed by atoms with E-state index in [1.807, 2.05) is 0 Å². The number of hydrogen-bond acceptors (Lipinski definition) is 2. The maximum atomic E-state index is 13.0. The first-order valence-electron chi connectivity index (χ1n) is 8.10. The molecule has 5 aliphatic rings. The molecule has 1 N–H and O–H groups in total. The third-order valence-corrected chi connectivity index (χ3v) is 6.21. The van der Waals surface area contributed by atoms with Crippen LogP contribution in [0.1, 0.15) is 24.2 Å². The zero-order chi connectivity index (χ0) is 15.9. The Kier molecular flexibility index (Phi) is 2.51. The van der Waals surface area contributed by atoms with Gasteiger partial charge in [0.1, 0.15) is 0 Å². The largest absolute Gasteiger partial charge is 0.435 e. The average Bonchev–Trinajstić information content (AvgIpc) is 2.96. The summed E-state index contributed by atoms with van der Waals surface area (Å²) in [5.74, 6) is 2.81. The lowest BCUT2D eigenvalue weighted by Crippen LogP contribution is -2.48. The summed E-state index contributed by atoms with van der Waals surface area (Å²) < 4.78 is 40.4. The van der Waals surface area contributed by atoms with E-state index in [1.165, 1.54) is 28.6 Å². The molecule has 23 heavy (non-hydrogen) atoms. The summed E-state index contributed by atoms with van der Waals surface area (Å²) in [5.41, 5.74) is -0.792. The number of carbonyl (C=O) groups is 1. The highest BCUT2D eigenvalue weighted by molar-refractivity contribution is 5.75. The van der Waals surface area contributed by atoms with Gasteiger partial charge in [-0.15, -0.1) is 0 Å². The number of fused-ring (bicyclic) bond motifs is 1. The summed E-state index contributed by atoms with van der Waals surface area (Å²) >= 11 is 0. The van der Waals surface area contributed by atoms with E-state index in [1.54, 1.807) is 0 Å². The monoisotopic (exact) mass is 326 g/mol. The zero-order valence-electron chi connectivity index (χ0n) is 12.4. The fourth-order valence-corrected chi connectivity index (χ4v) is 5.19. The van der Waals surface area contributed by atoms with Gasteiger partial charge in [0.05, 0.1) is 18.6 Å². The summed E-state index contributed by atoms with van der Waals surface area (Å²) in [6.07, 6.45) is -0.835. The number of rotatable bonds is 1. The molecule has 124 valence electrons. The predicted molar refractivity (Wildman–Crippen MR) is 73.2 cm³/mol. The molecular weight excluding hydrogens is 309 g/mol. The highest BCUT2D eigenvalue weighted by Gasteiger charge is 2.68. The summed E-state index contributed by atoms with van der Waals surface area (Å²) in [4.78, 5) is 17.4. The Labute approximate surface area is 130 Å². The molecule has 3 unspecified atom stereocenters. The highest BCUT2D eigenvalue weighted by atomic mass is 19.4. The Bertz CT molecular complexity index is 671. The summed E-state index contributed by atoms with van der Waals surface area (Å²) in [6.45, 7) is 0.742. The maximum Gasteiger partial charge on any atom is 0.435 e. The number of amides is 2. The van der Waals surface area contributed by atoms with Crippen molar-refractivity contribution in [3.8, 4) is 0 Å². The van der Waals surface area contributed by atoms with Gasteiger partial charge in [-0.2, -0.15) is 13.2 Å². The molecule has 0 aromatic carbocycles. The van der Waals surface area contributed by atoms with Gasteiger partial charge in [0.25, 0.3) is 0 Å². The van der Waals surface area contributed by atoms with Crippen LogP contribution in [0.4, 0.5) is 18.0 Å². The van der Waals surface area contributed by atoms with Crippen LogP contribution < -0.4 is 5.32 Å². The topological polar surface area (TPSA) is 50.2 Å². The van der Waals surface area contributed by atoms with Gasteiger partial charge in [-0.05, 0) is 36.5 Å². The molecular formula is C15H17F3N4O. The van der Waals surface area contributed by atoms with Crippen molar-refractivity contribution in [3.63, 3.8) is 0 Å². The predicted octanol–water partition coefficient (Wildman–Crippen LogP) is 2.08. The van der Waals surface area contributed by atoms with E-state index >= 15 is 0 Å². The van der Waals surface area contributed by atoms with Crippen molar-refractivity contribution < 1.29 is 18.0 Å². The SMILES string of the molecule is O=C(NC1C2CC3C(C2)C31)N1CCn2cnc(C(F)(F)F)c2C1. The molecule has 3 atom stereocenters. The molecule has 2 amide bonds. The van der Waals surface area contributed by atoms with Crippen LogP contribution in [0.5, 0.6) is 0 Å². The van der Waals surface area contributed by atoms with Crippen molar-refractivity contribution >= 4 is 6.03 Å². The third kappa shape index (κ3) is 1.86. The van der Waals surface area contributed by atoms with Crippen molar-refractivity contribution in [3.05, 3.63) is 17.7 Å². The van der Waals surface area contributed by atoms with Crippen LogP contribution in [0.25, 0.3) is 0 Å². The van der Waals surface area contributed by atoms with E-state index in [2.05, 4.69) is 10.3 Å². The van der Waals surface area contributed by atoms with Gasteiger partial charge in [0.15, 0.2) is 5.69 Å². The van der Waals surface area contributed by atoms with Crippen LogP contribution in [0.2, 0.25) is 0 Å². The lowest BCUT2D eigenvalue weighted by Gasteiger charge is -2.30. The van der Waals surface area contributed by atoms with E-state index in [9.17, 15) is 18.0 Å². The molecule has 6 rings (SSSR count). The average molecular weight is 326 g/mol. The second-order valence-electron chi connectivity index (χ2n) is 7.26. The Morgan fingerprint density at radius 2 is 2.00 bits per heavy atom. The van der Waals surface area contributed by atoms with E-state index in [4.69, 9.17) is 0 Å². The first-order chi connectivity index (χ1) is 10.9. The van der Waals surface area contributed by atoms with Crippen LogP contribution in [-0.2, 0) is 19.3 Å². The number of halogens is 3. The maximum absolute atomic E-state index is 13.0. The first-order valence-corrected chi connectivity index (χ1v) is 8.10. The molecule has 5 nitrogen and oxygen atoms in total. The van der Waals surface area contributed by atoms with Crippen LogP contribution >= 0.6 is 0 Å². The zero-order valence-corrected chi connectivity index (χ0v) is 12.4. The van der Waals surface area contributed by atoms with Crippen molar-refractivity contribution in [2.75, 3.05) is 6.54 Å². The number of carbonyl (C=O) groups excluding carboxylic acids is 1. The Morgan fingerprint density at radius 3 is 2.61 bits per heavy atom. The number of nitrogens with one attached hydrogen (secondary N) is 1. The molecule has 4 aliphatic carbocycles. The molecule has 1 aliphatic heterocycles. The van der Waals surface area contributed by atoms with Gasteiger partial charge < -0.3 is 14.8 Å². The summed E-state index contributed by atoms with van der Waals surface area (Å²) in [6, 6.07) is 0.0141. The van der Waals surface area contributed by atoms with Crippen molar-refractivity contribution in [2.45, 2.75) is 38.1 Å². The van der Waals surface area contributed by atoms with Crippen LogP contribution in [-0.4, -0.2) is 33.1 Å². The molecule has 4 saturated carbocycles. The van der Waals surface area contributed by atoms with Crippen LogP contribution in [0.3, 0.4) is 0 Å². The Balaban J connectivity index is 1.31.